The van der Waals surface area contributed by atoms with Gasteiger partial charge >= 0.3 is 0 Å². The van der Waals surface area contributed by atoms with Crippen LogP contribution in [0.3, 0.4) is 0 Å². The van der Waals surface area contributed by atoms with E-state index in [2.05, 4.69) is 62.6 Å². The molecule has 5 aliphatic rings. The van der Waals surface area contributed by atoms with Crippen molar-refractivity contribution in [1.29, 1.82) is 0 Å². The first kappa shape index (κ1) is 21.1. The van der Waals surface area contributed by atoms with Crippen LogP contribution in [-0.4, -0.2) is 53.6 Å². The minimum Gasteiger partial charge on any atom is -0.369 e. The van der Waals surface area contributed by atoms with Crippen LogP contribution >= 0.6 is 0 Å². The number of hydrogen-bond donors (Lipinski definition) is 2. The highest BCUT2D eigenvalue weighted by atomic mass is 19.1. The predicted molar refractivity (Wildman–Crippen MR) is 131 cm³/mol. The summed E-state index contributed by atoms with van der Waals surface area (Å²) in [5.41, 5.74) is 3.44. The van der Waals surface area contributed by atoms with E-state index in [1.807, 2.05) is 0 Å². The predicted octanol–water partition coefficient (Wildman–Crippen LogP) is 4.80. The maximum atomic E-state index is 14.7. The molecule has 7 rings (SSSR count). The molecule has 4 aliphatic carbocycles. The molecule has 1 saturated heterocycles. The number of piperazine rings is 1. The number of likely N-dealkylation sites (N-methyl/N-ethyl adjacent to an activating group) is 1. The Balaban J connectivity index is 1.18. The van der Waals surface area contributed by atoms with Gasteiger partial charge < -0.3 is 20.4 Å². The van der Waals surface area contributed by atoms with E-state index >= 15 is 0 Å². The van der Waals surface area contributed by atoms with Crippen molar-refractivity contribution < 1.29 is 4.39 Å². The lowest BCUT2D eigenvalue weighted by molar-refractivity contribution is 0.0104. The molecule has 33 heavy (non-hydrogen) atoms. The highest BCUT2D eigenvalue weighted by Gasteiger charge is 2.51. The number of aromatic nitrogens is 2. The lowest BCUT2D eigenvalue weighted by atomic mass is 9.53. The molecule has 0 unspecified atom stereocenters. The first-order valence-corrected chi connectivity index (χ1v) is 12.6. The Labute approximate surface area is 196 Å². The lowest BCUT2D eigenvalue weighted by Crippen LogP contribution is -2.55. The maximum absolute atomic E-state index is 14.7. The average Bonchev–Trinajstić information content (AvgIpc) is 2.76. The Kier molecular flexibility index (Phi) is 5.20. The topological polar surface area (TPSA) is 56.3 Å². The highest BCUT2D eigenvalue weighted by Crippen LogP contribution is 2.56. The van der Waals surface area contributed by atoms with Crippen LogP contribution in [0.1, 0.15) is 44.1 Å². The summed E-state index contributed by atoms with van der Waals surface area (Å²) in [6, 6.07) is 6.37. The van der Waals surface area contributed by atoms with Crippen LogP contribution in [-0.2, 0) is 0 Å². The highest BCUT2D eigenvalue weighted by molar-refractivity contribution is 5.64. The zero-order valence-corrected chi connectivity index (χ0v) is 19.8. The normalized spacial score (nSPS) is 31.1. The van der Waals surface area contributed by atoms with Gasteiger partial charge in [0.25, 0.3) is 0 Å². The molecule has 5 fully saturated rings. The van der Waals surface area contributed by atoms with Gasteiger partial charge in [-0.1, -0.05) is 0 Å². The van der Waals surface area contributed by atoms with Gasteiger partial charge in [-0.05, 0) is 94.0 Å². The largest absolute Gasteiger partial charge is 0.369 e. The van der Waals surface area contributed by atoms with Gasteiger partial charge in [0.05, 0.1) is 6.20 Å². The second kappa shape index (κ2) is 8.12. The SMILES string of the molecule is Cc1cc(Nc2ncc(F)c(NC34CC5CC(CC(C5)C3)C4)n2)ccc1N1CCN(C)CC1. The maximum Gasteiger partial charge on any atom is 0.229 e. The van der Waals surface area contributed by atoms with Gasteiger partial charge in [-0.15, -0.1) is 0 Å². The second-order valence-corrected chi connectivity index (χ2v) is 11.1. The summed E-state index contributed by atoms with van der Waals surface area (Å²) in [7, 11) is 2.17. The van der Waals surface area contributed by atoms with Crippen molar-refractivity contribution in [2.24, 2.45) is 17.8 Å². The summed E-state index contributed by atoms with van der Waals surface area (Å²) in [6.07, 6.45) is 8.84. The van der Waals surface area contributed by atoms with Crippen molar-refractivity contribution in [3.8, 4) is 0 Å². The monoisotopic (exact) mass is 450 g/mol. The summed E-state index contributed by atoms with van der Waals surface area (Å²) in [4.78, 5) is 13.6. The van der Waals surface area contributed by atoms with Gasteiger partial charge in [0.2, 0.25) is 5.95 Å². The van der Waals surface area contributed by atoms with Gasteiger partial charge in [0, 0.05) is 43.1 Å². The molecule has 1 aromatic carbocycles. The Morgan fingerprint density at radius 2 is 1.67 bits per heavy atom. The van der Waals surface area contributed by atoms with Crippen molar-refractivity contribution in [2.45, 2.75) is 51.0 Å². The van der Waals surface area contributed by atoms with Gasteiger partial charge in [0.1, 0.15) is 0 Å². The van der Waals surface area contributed by atoms with Crippen LogP contribution in [0.25, 0.3) is 0 Å². The fourth-order valence-corrected chi connectivity index (χ4v) is 7.29. The summed E-state index contributed by atoms with van der Waals surface area (Å²) in [6.45, 7) is 6.41. The number of rotatable bonds is 5. The molecule has 0 atom stereocenters. The van der Waals surface area contributed by atoms with Crippen molar-refractivity contribution >= 4 is 23.1 Å². The fraction of sp³-hybridized carbons (Fsp3) is 0.615. The van der Waals surface area contributed by atoms with Crippen LogP contribution in [0.2, 0.25) is 0 Å². The van der Waals surface area contributed by atoms with Crippen molar-refractivity contribution in [3.63, 3.8) is 0 Å². The molecule has 2 N–H and O–H groups in total. The minimum absolute atomic E-state index is 0.0158. The van der Waals surface area contributed by atoms with Crippen molar-refractivity contribution in [2.75, 3.05) is 48.8 Å². The number of benzene rings is 1. The molecule has 0 spiro atoms. The first-order chi connectivity index (χ1) is 15.9. The molecule has 4 saturated carbocycles. The van der Waals surface area contributed by atoms with Crippen molar-refractivity contribution in [1.82, 2.24) is 14.9 Å². The Bertz CT molecular complexity index is 996. The molecule has 7 heteroatoms. The van der Waals surface area contributed by atoms with Crippen LogP contribution in [0.4, 0.5) is 27.5 Å². The third-order valence-corrected chi connectivity index (χ3v) is 8.46. The summed E-state index contributed by atoms with van der Waals surface area (Å²) in [5, 5.41) is 6.87. The van der Waals surface area contributed by atoms with Crippen molar-refractivity contribution in [3.05, 3.63) is 35.8 Å². The average molecular weight is 451 g/mol. The van der Waals surface area contributed by atoms with E-state index in [0.29, 0.717) is 11.8 Å². The molecule has 1 aliphatic heterocycles. The number of anilines is 4. The zero-order chi connectivity index (χ0) is 22.6. The number of aryl methyl sites for hydroxylation is 1. The van der Waals surface area contributed by atoms with E-state index in [4.69, 9.17) is 0 Å². The molecule has 1 aromatic heterocycles. The lowest BCUT2D eigenvalue weighted by Gasteiger charge is -2.57. The summed E-state index contributed by atoms with van der Waals surface area (Å²) >= 11 is 0. The molecule has 2 heterocycles. The fourth-order valence-electron chi connectivity index (χ4n) is 7.29. The Hall–Kier alpha value is -2.41. The Morgan fingerprint density at radius 3 is 2.30 bits per heavy atom. The summed E-state index contributed by atoms with van der Waals surface area (Å²) < 4.78 is 14.7. The number of halogens is 1. The van der Waals surface area contributed by atoms with Gasteiger partial charge in [0.15, 0.2) is 11.6 Å². The van der Waals surface area contributed by atoms with E-state index in [9.17, 15) is 4.39 Å². The van der Waals surface area contributed by atoms with Crippen LogP contribution in [0, 0.1) is 30.5 Å². The van der Waals surface area contributed by atoms with Gasteiger partial charge in [-0.3, -0.25) is 0 Å². The molecule has 4 bridgehead atoms. The van der Waals surface area contributed by atoms with E-state index in [1.54, 1.807) is 0 Å². The molecule has 176 valence electrons. The summed E-state index contributed by atoms with van der Waals surface area (Å²) in [5.74, 6) is 2.82. The minimum atomic E-state index is -0.363. The Morgan fingerprint density at radius 1 is 1.00 bits per heavy atom. The molecule has 0 amide bonds. The van der Waals surface area contributed by atoms with Gasteiger partial charge in [-0.2, -0.15) is 4.98 Å². The third kappa shape index (κ3) is 4.16. The standard InChI is InChI=1S/C26H35FN6/c1-17-9-21(3-4-23(17)33-7-5-32(2)6-8-33)29-25-28-16-22(27)24(30-25)31-26-13-18-10-19(14-26)12-20(11-18)15-26/h3-4,9,16,18-20H,5-8,10-15H2,1-2H3,(H2,28,29,30,31). The van der Waals surface area contributed by atoms with Gasteiger partial charge in [-0.25, -0.2) is 9.37 Å². The smallest absolute Gasteiger partial charge is 0.229 e. The van der Waals surface area contributed by atoms with E-state index in [1.165, 1.54) is 36.7 Å². The molecular formula is C26H35FN6. The molecule has 2 aromatic rings. The van der Waals surface area contributed by atoms with Crippen LogP contribution in [0.15, 0.2) is 24.4 Å². The number of nitrogens with zero attached hydrogens (tertiary/aromatic N) is 4. The van der Waals surface area contributed by atoms with Crippen LogP contribution < -0.4 is 15.5 Å². The molecular weight excluding hydrogens is 415 g/mol. The van der Waals surface area contributed by atoms with E-state index in [-0.39, 0.29) is 11.4 Å². The van der Waals surface area contributed by atoms with E-state index in [0.717, 1.165) is 68.9 Å². The first-order valence-electron chi connectivity index (χ1n) is 12.6. The third-order valence-electron chi connectivity index (χ3n) is 8.46. The van der Waals surface area contributed by atoms with E-state index < -0.39 is 0 Å². The zero-order valence-electron chi connectivity index (χ0n) is 19.8. The quantitative estimate of drug-likeness (QED) is 0.683. The number of hydrogen-bond acceptors (Lipinski definition) is 6. The second-order valence-electron chi connectivity index (χ2n) is 11.1. The molecule has 0 radical (unpaired) electrons. The number of nitrogens with one attached hydrogen (secondary N) is 2. The van der Waals surface area contributed by atoms with Crippen LogP contribution in [0.5, 0.6) is 0 Å². The molecule has 6 nitrogen and oxygen atoms in total.